The molecule has 1 aromatic heterocycles. The van der Waals surface area contributed by atoms with Crippen molar-refractivity contribution in [3.05, 3.63) is 17.7 Å². The largest absolute Gasteiger partial charge is 0.332 e. The zero-order valence-corrected chi connectivity index (χ0v) is 9.03. The van der Waals surface area contributed by atoms with Gasteiger partial charge in [0.05, 0.1) is 12.0 Å². The van der Waals surface area contributed by atoms with Crippen LogP contribution in [-0.4, -0.2) is 16.1 Å². The first kappa shape index (κ1) is 9.71. The molecule has 2 unspecified atom stereocenters. The molecule has 3 heteroatoms. The Labute approximate surface area is 85.3 Å². The van der Waals surface area contributed by atoms with Gasteiger partial charge in [-0.2, -0.15) is 0 Å². The summed E-state index contributed by atoms with van der Waals surface area (Å²) in [5.41, 5.74) is 8.32. The molecular weight excluding hydrogens is 174 g/mol. The zero-order chi connectivity index (χ0) is 10.1. The summed E-state index contributed by atoms with van der Waals surface area (Å²) in [6.45, 7) is 5.11. The summed E-state index contributed by atoms with van der Waals surface area (Å²) >= 11 is 0. The van der Waals surface area contributed by atoms with Crippen molar-refractivity contribution in [2.75, 3.05) is 6.54 Å². The first-order chi connectivity index (χ1) is 6.74. The molecule has 0 radical (unpaired) electrons. The van der Waals surface area contributed by atoms with Crippen LogP contribution in [-0.2, 0) is 6.42 Å². The van der Waals surface area contributed by atoms with Gasteiger partial charge in [0.1, 0.15) is 0 Å². The van der Waals surface area contributed by atoms with Crippen LogP contribution in [0.2, 0.25) is 0 Å². The van der Waals surface area contributed by atoms with E-state index in [1.807, 2.05) is 6.33 Å². The van der Waals surface area contributed by atoms with E-state index in [-0.39, 0.29) is 0 Å². The quantitative estimate of drug-likeness (QED) is 0.779. The number of aromatic nitrogens is 2. The highest BCUT2D eigenvalue weighted by Crippen LogP contribution is 2.28. The van der Waals surface area contributed by atoms with E-state index in [1.165, 1.54) is 30.7 Å². The van der Waals surface area contributed by atoms with Gasteiger partial charge in [-0.05, 0) is 26.2 Å². The number of nitrogens with two attached hydrogens (primary N) is 1. The highest BCUT2D eigenvalue weighted by Gasteiger charge is 2.21. The molecule has 0 saturated heterocycles. The van der Waals surface area contributed by atoms with E-state index in [0.29, 0.717) is 18.5 Å². The van der Waals surface area contributed by atoms with E-state index in [9.17, 15) is 0 Å². The first-order valence-electron chi connectivity index (χ1n) is 5.49. The Morgan fingerprint density at radius 1 is 1.71 bits per heavy atom. The van der Waals surface area contributed by atoms with Crippen LogP contribution in [0.3, 0.4) is 0 Å². The monoisotopic (exact) mass is 193 g/mol. The van der Waals surface area contributed by atoms with Crippen LogP contribution in [0.15, 0.2) is 6.33 Å². The summed E-state index contributed by atoms with van der Waals surface area (Å²) < 4.78 is 2.32. The third-order valence-electron chi connectivity index (χ3n) is 3.26. The maximum atomic E-state index is 5.68. The SMILES string of the molecule is CC(CN)c1ncn2c1CCCC2C. The van der Waals surface area contributed by atoms with Gasteiger partial charge in [0.2, 0.25) is 0 Å². The fraction of sp³-hybridized carbons (Fsp3) is 0.727. The second-order valence-electron chi connectivity index (χ2n) is 4.36. The molecule has 2 rings (SSSR count). The molecule has 0 aliphatic carbocycles. The molecule has 0 fully saturated rings. The molecule has 14 heavy (non-hydrogen) atoms. The van der Waals surface area contributed by atoms with E-state index in [4.69, 9.17) is 5.73 Å². The highest BCUT2D eigenvalue weighted by atomic mass is 15.1. The Bertz CT molecular complexity index is 316. The van der Waals surface area contributed by atoms with Gasteiger partial charge in [-0.15, -0.1) is 0 Å². The molecule has 0 spiro atoms. The lowest BCUT2D eigenvalue weighted by Gasteiger charge is -2.23. The van der Waals surface area contributed by atoms with Crippen molar-refractivity contribution in [2.45, 2.75) is 45.1 Å². The molecule has 2 heterocycles. The van der Waals surface area contributed by atoms with Crippen LogP contribution in [0.25, 0.3) is 0 Å². The Balaban J connectivity index is 2.35. The zero-order valence-electron chi connectivity index (χ0n) is 9.03. The topological polar surface area (TPSA) is 43.8 Å². The number of rotatable bonds is 2. The van der Waals surface area contributed by atoms with Gasteiger partial charge in [0.15, 0.2) is 0 Å². The third kappa shape index (κ3) is 1.46. The molecular formula is C11H19N3. The van der Waals surface area contributed by atoms with Crippen LogP contribution in [0, 0.1) is 0 Å². The standard InChI is InChI=1S/C11H19N3/c1-8(6-12)11-10-5-3-4-9(2)14(10)7-13-11/h7-9H,3-6,12H2,1-2H3. The maximum absolute atomic E-state index is 5.68. The molecule has 1 aliphatic heterocycles. The van der Waals surface area contributed by atoms with Crippen molar-refractivity contribution in [1.82, 2.24) is 9.55 Å². The van der Waals surface area contributed by atoms with Crippen LogP contribution >= 0.6 is 0 Å². The van der Waals surface area contributed by atoms with Crippen LogP contribution in [0.4, 0.5) is 0 Å². The smallest absolute Gasteiger partial charge is 0.0954 e. The Morgan fingerprint density at radius 2 is 2.50 bits per heavy atom. The van der Waals surface area contributed by atoms with Crippen molar-refractivity contribution in [3.8, 4) is 0 Å². The van der Waals surface area contributed by atoms with E-state index >= 15 is 0 Å². The highest BCUT2D eigenvalue weighted by molar-refractivity contribution is 5.20. The van der Waals surface area contributed by atoms with Gasteiger partial charge in [-0.1, -0.05) is 6.92 Å². The van der Waals surface area contributed by atoms with Crippen LogP contribution in [0.5, 0.6) is 0 Å². The molecule has 1 aliphatic rings. The van der Waals surface area contributed by atoms with Crippen LogP contribution < -0.4 is 5.73 Å². The number of hydrogen-bond acceptors (Lipinski definition) is 2. The van der Waals surface area contributed by atoms with Gasteiger partial charge in [-0.25, -0.2) is 4.98 Å². The molecule has 3 nitrogen and oxygen atoms in total. The van der Waals surface area contributed by atoms with Gasteiger partial charge >= 0.3 is 0 Å². The molecule has 78 valence electrons. The average Bonchev–Trinajstić information content (AvgIpc) is 2.62. The lowest BCUT2D eigenvalue weighted by atomic mass is 9.98. The Kier molecular flexibility index (Phi) is 2.59. The van der Waals surface area contributed by atoms with Crippen molar-refractivity contribution in [1.29, 1.82) is 0 Å². The Hall–Kier alpha value is -0.830. The van der Waals surface area contributed by atoms with Crippen molar-refractivity contribution < 1.29 is 0 Å². The molecule has 0 bridgehead atoms. The van der Waals surface area contributed by atoms with Crippen molar-refractivity contribution in [3.63, 3.8) is 0 Å². The van der Waals surface area contributed by atoms with E-state index in [2.05, 4.69) is 23.4 Å². The second-order valence-corrected chi connectivity index (χ2v) is 4.36. The lowest BCUT2D eigenvalue weighted by molar-refractivity contribution is 0.429. The van der Waals surface area contributed by atoms with Gasteiger partial charge in [0.25, 0.3) is 0 Å². The van der Waals surface area contributed by atoms with Crippen molar-refractivity contribution >= 4 is 0 Å². The predicted octanol–water partition coefficient (Wildman–Crippen LogP) is 1.84. The predicted molar refractivity (Wildman–Crippen MR) is 57.3 cm³/mol. The van der Waals surface area contributed by atoms with Gasteiger partial charge < -0.3 is 10.3 Å². The molecule has 1 aromatic rings. The lowest BCUT2D eigenvalue weighted by Crippen LogP contribution is -2.17. The third-order valence-corrected chi connectivity index (χ3v) is 3.26. The minimum Gasteiger partial charge on any atom is -0.332 e. The normalized spacial score (nSPS) is 23.2. The summed E-state index contributed by atoms with van der Waals surface area (Å²) in [4.78, 5) is 4.50. The molecule has 0 amide bonds. The fourth-order valence-corrected chi connectivity index (χ4v) is 2.27. The molecule has 2 N–H and O–H groups in total. The number of fused-ring (bicyclic) bond motifs is 1. The van der Waals surface area contributed by atoms with E-state index in [1.54, 1.807) is 0 Å². The summed E-state index contributed by atoms with van der Waals surface area (Å²) in [7, 11) is 0. The van der Waals surface area contributed by atoms with Crippen LogP contribution in [0.1, 0.15) is 50.0 Å². The molecule has 0 aromatic carbocycles. The minimum absolute atomic E-state index is 0.400. The maximum Gasteiger partial charge on any atom is 0.0954 e. The Morgan fingerprint density at radius 3 is 3.21 bits per heavy atom. The minimum atomic E-state index is 0.400. The van der Waals surface area contributed by atoms with Gasteiger partial charge in [0, 0.05) is 24.2 Å². The number of nitrogens with zero attached hydrogens (tertiary/aromatic N) is 2. The fourth-order valence-electron chi connectivity index (χ4n) is 2.27. The number of imidazole rings is 1. The van der Waals surface area contributed by atoms with Gasteiger partial charge in [-0.3, -0.25) is 0 Å². The number of hydrogen-bond donors (Lipinski definition) is 1. The summed E-state index contributed by atoms with van der Waals surface area (Å²) in [5, 5.41) is 0. The summed E-state index contributed by atoms with van der Waals surface area (Å²) in [6.07, 6.45) is 5.72. The molecule has 2 atom stereocenters. The van der Waals surface area contributed by atoms with E-state index in [0.717, 1.165) is 0 Å². The first-order valence-corrected chi connectivity index (χ1v) is 5.49. The van der Waals surface area contributed by atoms with Crippen molar-refractivity contribution in [2.24, 2.45) is 5.73 Å². The average molecular weight is 193 g/mol. The van der Waals surface area contributed by atoms with E-state index < -0.39 is 0 Å². The summed E-state index contributed by atoms with van der Waals surface area (Å²) in [6, 6.07) is 0.616. The summed E-state index contributed by atoms with van der Waals surface area (Å²) in [5.74, 6) is 0.400. The second kappa shape index (κ2) is 3.73. The molecule has 0 saturated carbocycles.